The van der Waals surface area contributed by atoms with Crippen LogP contribution in [0, 0.1) is 0 Å². The highest BCUT2D eigenvalue weighted by Crippen LogP contribution is 2.33. The maximum absolute atomic E-state index is 11.7. The first-order chi connectivity index (χ1) is 14.7. The summed E-state index contributed by atoms with van der Waals surface area (Å²) in [6.45, 7) is 1.62. The lowest BCUT2D eigenvalue weighted by Gasteiger charge is -2.24. The Morgan fingerprint density at radius 2 is 1.97 bits per heavy atom. The number of anilines is 1. The van der Waals surface area contributed by atoms with Crippen LogP contribution in [0.4, 0.5) is 9.93 Å². The van der Waals surface area contributed by atoms with Crippen molar-refractivity contribution in [3.63, 3.8) is 0 Å². The van der Waals surface area contributed by atoms with E-state index in [2.05, 4.69) is 22.3 Å². The maximum atomic E-state index is 11.7. The Labute approximate surface area is 182 Å². The smallest absolute Gasteiger partial charge is 0.286 e. The Kier molecular flexibility index (Phi) is 5.35. The van der Waals surface area contributed by atoms with Crippen LogP contribution >= 0.6 is 23.1 Å². The molecule has 8 heteroatoms. The van der Waals surface area contributed by atoms with E-state index in [4.69, 9.17) is 9.72 Å². The second-order valence-electron chi connectivity index (χ2n) is 7.50. The number of para-hydroxylation sites is 1. The molecule has 1 aromatic heterocycles. The van der Waals surface area contributed by atoms with Gasteiger partial charge in [0, 0.05) is 6.54 Å². The number of carbonyl (C=O) groups is 2. The number of imide groups is 1. The van der Waals surface area contributed by atoms with E-state index in [0.29, 0.717) is 19.1 Å². The normalized spacial score (nSPS) is 21.4. The average Bonchev–Trinajstić information content (AvgIpc) is 3.45. The van der Waals surface area contributed by atoms with Crippen LogP contribution in [0.1, 0.15) is 18.4 Å². The van der Waals surface area contributed by atoms with Crippen LogP contribution in [0.5, 0.6) is 5.75 Å². The summed E-state index contributed by atoms with van der Waals surface area (Å²) < 4.78 is 7.29. The number of hydrogen-bond acceptors (Lipinski definition) is 7. The lowest BCUT2D eigenvalue weighted by molar-refractivity contribution is -0.118. The largest absolute Gasteiger partial charge is 0.491 e. The zero-order chi connectivity index (χ0) is 20.5. The second-order valence-corrected chi connectivity index (χ2v) is 9.68. The van der Waals surface area contributed by atoms with Crippen molar-refractivity contribution < 1.29 is 14.3 Å². The standard InChI is InChI=1S/C22H21N3O3S2/c26-20-19(30-22(27)24-20)12-14-7-9-16(10-8-14)28-13-15-4-3-11-25(15)21-23-17-5-1-2-6-18(17)29-21/h1-2,5-10,15,19H,3-4,11-13H2,(H,24,26,27)/t15-,19?/m1/s1. The number of thiazole rings is 1. The molecule has 0 saturated carbocycles. The van der Waals surface area contributed by atoms with Crippen molar-refractivity contribution in [3.05, 3.63) is 54.1 Å². The van der Waals surface area contributed by atoms with Crippen molar-refractivity contribution >= 4 is 49.6 Å². The van der Waals surface area contributed by atoms with Gasteiger partial charge in [-0.15, -0.1) is 0 Å². The Morgan fingerprint density at radius 1 is 1.13 bits per heavy atom. The van der Waals surface area contributed by atoms with Gasteiger partial charge in [0.15, 0.2) is 5.13 Å². The highest BCUT2D eigenvalue weighted by Gasteiger charge is 2.31. The monoisotopic (exact) mass is 439 g/mol. The van der Waals surface area contributed by atoms with Crippen LogP contribution in [-0.4, -0.2) is 40.6 Å². The summed E-state index contributed by atoms with van der Waals surface area (Å²) in [6.07, 6.45) is 2.77. The third kappa shape index (κ3) is 4.02. The highest BCUT2D eigenvalue weighted by atomic mass is 32.2. The van der Waals surface area contributed by atoms with E-state index in [1.54, 1.807) is 11.3 Å². The van der Waals surface area contributed by atoms with E-state index in [1.807, 2.05) is 36.4 Å². The number of nitrogens with zero attached hydrogens (tertiary/aromatic N) is 2. The van der Waals surface area contributed by atoms with E-state index >= 15 is 0 Å². The molecule has 1 N–H and O–H groups in total. The SMILES string of the molecule is O=C1NC(=O)C(Cc2ccc(OC[C@H]3CCCN3c3nc4ccccc4s3)cc2)S1. The van der Waals surface area contributed by atoms with Gasteiger partial charge in [-0.2, -0.15) is 0 Å². The quantitative estimate of drug-likeness (QED) is 0.620. The van der Waals surface area contributed by atoms with Crippen molar-refractivity contribution in [1.29, 1.82) is 0 Å². The number of rotatable bonds is 6. The number of ether oxygens (including phenoxy) is 1. The zero-order valence-electron chi connectivity index (χ0n) is 16.2. The zero-order valence-corrected chi connectivity index (χ0v) is 17.9. The molecule has 0 bridgehead atoms. The van der Waals surface area contributed by atoms with Gasteiger partial charge < -0.3 is 9.64 Å². The van der Waals surface area contributed by atoms with Gasteiger partial charge in [-0.1, -0.05) is 47.4 Å². The van der Waals surface area contributed by atoms with E-state index in [0.717, 1.165) is 53.1 Å². The molecule has 2 aliphatic rings. The van der Waals surface area contributed by atoms with Gasteiger partial charge in [-0.25, -0.2) is 4.98 Å². The molecule has 2 saturated heterocycles. The maximum Gasteiger partial charge on any atom is 0.286 e. The molecular formula is C22H21N3O3S2. The number of aromatic nitrogens is 1. The molecule has 2 aromatic carbocycles. The van der Waals surface area contributed by atoms with Crippen molar-refractivity contribution in [1.82, 2.24) is 10.3 Å². The molecule has 2 fully saturated rings. The molecule has 0 aliphatic carbocycles. The van der Waals surface area contributed by atoms with Crippen LogP contribution in [0.15, 0.2) is 48.5 Å². The molecule has 0 radical (unpaired) electrons. The van der Waals surface area contributed by atoms with Gasteiger partial charge in [-0.3, -0.25) is 14.9 Å². The first-order valence-corrected chi connectivity index (χ1v) is 11.7. The third-order valence-electron chi connectivity index (χ3n) is 5.46. The minimum atomic E-state index is -0.342. The fourth-order valence-corrected chi connectivity index (χ4v) is 5.82. The van der Waals surface area contributed by atoms with Crippen LogP contribution in [0.25, 0.3) is 10.2 Å². The molecule has 2 amide bonds. The fraction of sp³-hybridized carbons (Fsp3) is 0.318. The Hall–Kier alpha value is -2.58. The minimum Gasteiger partial charge on any atom is -0.491 e. The Bertz CT molecular complexity index is 1050. The molecule has 154 valence electrons. The fourth-order valence-electron chi connectivity index (χ4n) is 3.90. The molecule has 1 unspecified atom stereocenters. The van der Waals surface area contributed by atoms with Gasteiger partial charge >= 0.3 is 0 Å². The number of thioether (sulfide) groups is 1. The summed E-state index contributed by atoms with van der Waals surface area (Å²) in [5.41, 5.74) is 2.07. The number of hydrogen-bond donors (Lipinski definition) is 1. The second kappa shape index (κ2) is 8.28. The van der Waals surface area contributed by atoms with Gasteiger partial charge in [0.2, 0.25) is 5.91 Å². The van der Waals surface area contributed by atoms with Gasteiger partial charge in [0.05, 0.1) is 21.5 Å². The van der Waals surface area contributed by atoms with E-state index in [9.17, 15) is 9.59 Å². The number of amides is 2. The van der Waals surface area contributed by atoms with Gasteiger partial charge in [0.1, 0.15) is 12.4 Å². The Morgan fingerprint density at radius 3 is 2.73 bits per heavy atom. The molecular weight excluding hydrogens is 418 g/mol. The molecule has 30 heavy (non-hydrogen) atoms. The lowest BCUT2D eigenvalue weighted by atomic mass is 10.1. The summed E-state index contributed by atoms with van der Waals surface area (Å²) in [5, 5.41) is 2.79. The van der Waals surface area contributed by atoms with Crippen LogP contribution in [0.3, 0.4) is 0 Å². The van der Waals surface area contributed by atoms with Crippen molar-refractivity contribution in [3.8, 4) is 5.75 Å². The number of nitrogens with one attached hydrogen (secondary N) is 1. The molecule has 0 spiro atoms. The summed E-state index contributed by atoms with van der Waals surface area (Å²) in [4.78, 5) is 30.2. The molecule has 2 aliphatic heterocycles. The predicted molar refractivity (Wildman–Crippen MR) is 121 cm³/mol. The van der Waals surface area contributed by atoms with E-state index < -0.39 is 0 Å². The molecule has 3 aromatic rings. The van der Waals surface area contributed by atoms with Gasteiger partial charge in [-0.05, 0) is 49.1 Å². The summed E-state index contributed by atoms with van der Waals surface area (Å²) in [5.74, 6) is 0.607. The van der Waals surface area contributed by atoms with Crippen LogP contribution in [-0.2, 0) is 11.2 Å². The van der Waals surface area contributed by atoms with E-state index in [-0.39, 0.29) is 16.4 Å². The first-order valence-electron chi connectivity index (χ1n) is 10.0. The van der Waals surface area contributed by atoms with Crippen molar-refractivity contribution in [2.24, 2.45) is 0 Å². The molecule has 6 nitrogen and oxygen atoms in total. The summed E-state index contributed by atoms with van der Waals surface area (Å²) >= 11 is 2.80. The highest BCUT2D eigenvalue weighted by molar-refractivity contribution is 8.15. The van der Waals surface area contributed by atoms with Crippen LogP contribution in [0.2, 0.25) is 0 Å². The van der Waals surface area contributed by atoms with Crippen molar-refractivity contribution in [2.75, 3.05) is 18.1 Å². The molecule has 5 rings (SSSR count). The molecule has 3 heterocycles. The summed E-state index contributed by atoms with van der Waals surface area (Å²) in [6, 6.07) is 16.4. The topological polar surface area (TPSA) is 71.5 Å². The van der Waals surface area contributed by atoms with Crippen LogP contribution < -0.4 is 15.0 Å². The third-order valence-corrected chi connectivity index (χ3v) is 7.51. The lowest BCUT2D eigenvalue weighted by Crippen LogP contribution is -2.34. The van der Waals surface area contributed by atoms with Crippen molar-refractivity contribution in [2.45, 2.75) is 30.6 Å². The number of benzene rings is 2. The molecule has 2 atom stereocenters. The van der Waals surface area contributed by atoms with Gasteiger partial charge in [0.25, 0.3) is 5.24 Å². The number of fused-ring (bicyclic) bond motifs is 1. The predicted octanol–water partition coefficient (Wildman–Crippen LogP) is 4.24. The van der Waals surface area contributed by atoms with E-state index in [1.165, 1.54) is 4.70 Å². The average molecular weight is 440 g/mol. The Balaban J connectivity index is 1.20. The summed E-state index contributed by atoms with van der Waals surface area (Å²) in [7, 11) is 0. The minimum absolute atomic E-state index is 0.207. The number of carbonyl (C=O) groups excluding carboxylic acids is 2. The first kappa shape index (κ1) is 19.4.